The zero-order chi connectivity index (χ0) is 12.7. The number of sulfonamides is 1. The molecule has 1 N–H and O–H groups in total. The zero-order valence-corrected chi connectivity index (χ0v) is 12.7. The standard InChI is InChI=1S/C10H22BrNO3S/c1-10(2,3)9-16(13,14)12-6-4-7-15-8-5-11/h12H,4-9H2,1-3H3. The van der Waals surface area contributed by atoms with Gasteiger partial charge in [-0.3, -0.25) is 0 Å². The molecule has 0 radical (unpaired) electrons. The van der Waals surface area contributed by atoms with Crippen LogP contribution in [0, 0.1) is 5.41 Å². The van der Waals surface area contributed by atoms with Crippen LogP contribution in [-0.2, 0) is 14.8 Å². The molecule has 4 nitrogen and oxygen atoms in total. The predicted octanol–water partition coefficient (Wildman–Crippen LogP) is 1.75. The van der Waals surface area contributed by atoms with E-state index in [4.69, 9.17) is 4.74 Å². The number of hydrogen-bond acceptors (Lipinski definition) is 3. The van der Waals surface area contributed by atoms with Crippen LogP contribution in [0.25, 0.3) is 0 Å². The third-order valence-corrected chi connectivity index (χ3v) is 3.85. The Morgan fingerprint density at radius 3 is 2.38 bits per heavy atom. The minimum Gasteiger partial charge on any atom is -0.381 e. The monoisotopic (exact) mass is 315 g/mol. The van der Waals surface area contributed by atoms with E-state index in [9.17, 15) is 8.42 Å². The van der Waals surface area contributed by atoms with Crippen LogP contribution in [0.15, 0.2) is 0 Å². The second kappa shape index (κ2) is 7.63. The Balaban J connectivity index is 3.68. The van der Waals surface area contributed by atoms with E-state index >= 15 is 0 Å². The van der Waals surface area contributed by atoms with Crippen LogP contribution in [-0.4, -0.2) is 39.3 Å². The third-order valence-electron chi connectivity index (χ3n) is 1.63. The molecule has 6 heteroatoms. The molecule has 0 atom stereocenters. The van der Waals surface area contributed by atoms with Gasteiger partial charge in [-0.05, 0) is 11.8 Å². The van der Waals surface area contributed by atoms with Gasteiger partial charge >= 0.3 is 0 Å². The number of ether oxygens (including phenoxy) is 1. The van der Waals surface area contributed by atoms with E-state index < -0.39 is 10.0 Å². The summed E-state index contributed by atoms with van der Waals surface area (Å²) in [6.45, 7) is 7.42. The van der Waals surface area contributed by atoms with Crippen molar-refractivity contribution in [3.63, 3.8) is 0 Å². The van der Waals surface area contributed by atoms with Gasteiger partial charge in [-0.2, -0.15) is 0 Å². The largest absolute Gasteiger partial charge is 0.381 e. The summed E-state index contributed by atoms with van der Waals surface area (Å²) < 4.78 is 30.9. The Labute approximate surface area is 107 Å². The maximum atomic E-state index is 11.6. The summed E-state index contributed by atoms with van der Waals surface area (Å²) in [5.41, 5.74) is -0.210. The van der Waals surface area contributed by atoms with Crippen molar-refractivity contribution in [2.75, 3.05) is 30.8 Å². The molecule has 0 saturated heterocycles. The molecule has 0 aromatic rings. The quantitative estimate of drug-likeness (QED) is 0.548. The normalized spacial score (nSPS) is 13.0. The van der Waals surface area contributed by atoms with Gasteiger partial charge in [0.1, 0.15) is 0 Å². The van der Waals surface area contributed by atoms with Gasteiger partial charge in [-0.1, -0.05) is 36.7 Å². The number of alkyl halides is 1. The van der Waals surface area contributed by atoms with Crippen LogP contribution in [0.5, 0.6) is 0 Å². The summed E-state index contributed by atoms with van der Waals surface area (Å²) in [4.78, 5) is 0. The lowest BCUT2D eigenvalue weighted by atomic mass is 10.0. The minimum absolute atomic E-state index is 0.155. The highest BCUT2D eigenvalue weighted by atomic mass is 79.9. The van der Waals surface area contributed by atoms with Gasteiger partial charge < -0.3 is 4.74 Å². The Hall–Kier alpha value is 0.350. The zero-order valence-electron chi connectivity index (χ0n) is 10.3. The van der Waals surface area contributed by atoms with Crippen molar-refractivity contribution in [3.05, 3.63) is 0 Å². The summed E-state index contributed by atoms with van der Waals surface area (Å²) in [6, 6.07) is 0. The lowest BCUT2D eigenvalue weighted by Gasteiger charge is -2.18. The van der Waals surface area contributed by atoms with E-state index in [2.05, 4.69) is 20.7 Å². The fraction of sp³-hybridized carbons (Fsp3) is 1.00. The number of nitrogens with one attached hydrogen (secondary N) is 1. The van der Waals surface area contributed by atoms with E-state index in [-0.39, 0.29) is 11.2 Å². The molecule has 0 aliphatic rings. The summed E-state index contributed by atoms with van der Waals surface area (Å²) in [6.07, 6.45) is 0.705. The maximum Gasteiger partial charge on any atom is 0.212 e. The van der Waals surface area contributed by atoms with E-state index in [1.165, 1.54) is 0 Å². The summed E-state index contributed by atoms with van der Waals surface area (Å²) in [5, 5.41) is 0.808. The molecule has 0 heterocycles. The molecular formula is C10H22BrNO3S. The molecule has 0 rings (SSSR count). The predicted molar refractivity (Wildman–Crippen MR) is 70.5 cm³/mol. The summed E-state index contributed by atoms with van der Waals surface area (Å²) in [7, 11) is -3.15. The van der Waals surface area contributed by atoms with Gasteiger partial charge in [-0.25, -0.2) is 13.1 Å². The molecule has 0 bridgehead atoms. The topological polar surface area (TPSA) is 55.4 Å². The van der Waals surface area contributed by atoms with Crippen LogP contribution >= 0.6 is 15.9 Å². The minimum atomic E-state index is -3.15. The van der Waals surface area contributed by atoms with Gasteiger partial charge in [0.05, 0.1) is 12.4 Å². The average molecular weight is 316 g/mol. The number of hydrogen-bond donors (Lipinski definition) is 1. The molecule has 16 heavy (non-hydrogen) atoms. The molecule has 0 amide bonds. The van der Waals surface area contributed by atoms with E-state index in [0.717, 1.165) is 5.33 Å². The van der Waals surface area contributed by atoms with Crippen molar-refractivity contribution in [3.8, 4) is 0 Å². The highest BCUT2D eigenvalue weighted by Gasteiger charge is 2.20. The lowest BCUT2D eigenvalue weighted by Crippen LogP contribution is -2.33. The first-order valence-electron chi connectivity index (χ1n) is 5.38. The summed E-state index contributed by atoms with van der Waals surface area (Å²) >= 11 is 3.25. The van der Waals surface area contributed by atoms with Crippen LogP contribution in [0.3, 0.4) is 0 Å². The molecular weight excluding hydrogens is 294 g/mol. The highest BCUT2D eigenvalue weighted by Crippen LogP contribution is 2.15. The van der Waals surface area contributed by atoms with Gasteiger partial charge in [0, 0.05) is 18.5 Å². The molecule has 98 valence electrons. The number of halogens is 1. The fourth-order valence-electron chi connectivity index (χ4n) is 1.18. The van der Waals surface area contributed by atoms with Crippen molar-refractivity contribution in [2.24, 2.45) is 5.41 Å². The molecule has 0 aromatic heterocycles. The molecule has 0 saturated carbocycles. The molecule has 0 aliphatic heterocycles. The van der Waals surface area contributed by atoms with Crippen molar-refractivity contribution >= 4 is 26.0 Å². The lowest BCUT2D eigenvalue weighted by molar-refractivity contribution is 0.149. The first-order valence-corrected chi connectivity index (χ1v) is 8.15. The van der Waals surface area contributed by atoms with Crippen LogP contribution < -0.4 is 4.72 Å². The molecule has 0 aliphatic carbocycles. The van der Waals surface area contributed by atoms with E-state index in [0.29, 0.717) is 26.2 Å². The third kappa shape index (κ3) is 10.9. The Kier molecular flexibility index (Phi) is 7.80. The van der Waals surface area contributed by atoms with Gasteiger partial charge in [0.15, 0.2) is 0 Å². The van der Waals surface area contributed by atoms with E-state index in [1.807, 2.05) is 20.8 Å². The molecule has 0 fully saturated rings. The van der Waals surface area contributed by atoms with Gasteiger partial charge in [-0.15, -0.1) is 0 Å². The second-order valence-corrected chi connectivity index (χ2v) is 7.47. The number of rotatable bonds is 8. The van der Waals surface area contributed by atoms with Crippen molar-refractivity contribution < 1.29 is 13.2 Å². The van der Waals surface area contributed by atoms with E-state index in [1.54, 1.807) is 0 Å². The Morgan fingerprint density at radius 1 is 1.25 bits per heavy atom. The SMILES string of the molecule is CC(C)(C)CS(=O)(=O)NCCCOCCBr. The van der Waals surface area contributed by atoms with Gasteiger partial charge in [0.25, 0.3) is 0 Å². The first-order chi connectivity index (χ1) is 7.27. The van der Waals surface area contributed by atoms with Crippen molar-refractivity contribution in [1.29, 1.82) is 0 Å². The first kappa shape index (κ1) is 16.4. The van der Waals surface area contributed by atoms with Crippen molar-refractivity contribution in [2.45, 2.75) is 27.2 Å². The average Bonchev–Trinajstić information content (AvgIpc) is 2.06. The maximum absolute atomic E-state index is 11.6. The molecule has 0 spiro atoms. The highest BCUT2D eigenvalue weighted by molar-refractivity contribution is 9.09. The van der Waals surface area contributed by atoms with Crippen LogP contribution in [0.1, 0.15) is 27.2 Å². The molecule has 0 unspecified atom stereocenters. The summed E-state index contributed by atoms with van der Waals surface area (Å²) in [5.74, 6) is 0.155. The Bertz CT molecular complexity index is 272. The van der Waals surface area contributed by atoms with Crippen molar-refractivity contribution in [1.82, 2.24) is 4.72 Å². The Morgan fingerprint density at radius 2 is 1.88 bits per heavy atom. The molecule has 0 aromatic carbocycles. The smallest absolute Gasteiger partial charge is 0.212 e. The second-order valence-electron chi connectivity index (χ2n) is 4.87. The fourth-order valence-corrected chi connectivity index (χ4v) is 3.11. The van der Waals surface area contributed by atoms with Crippen LogP contribution in [0.4, 0.5) is 0 Å². The van der Waals surface area contributed by atoms with Gasteiger partial charge in [0.2, 0.25) is 10.0 Å². The van der Waals surface area contributed by atoms with Crippen LogP contribution in [0.2, 0.25) is 0 Å².